The lowest BCUT2D eigenvalue weighted by Crippen LogP contribution is -1.84. The summed E-state index contributed by atoms with van der Waals surface area (Å²) >= 11 is 0. The summed E-state index contributed by atoms with van der Waals surface area (Å²) in [4.78, 5) is 0. The maximum absolute atomic E-state index is 2.37. The van der Waals surface area contributed by atoms with Gasteiger partial charge in [0.05, 0.1) is 0 Å². The van der Waals surface area contributed by atoms with Gasteiger partial charge in [-0.05, 0) is 39.5 Å². The van der Waals surface area contributed by atoms with Gasteiger partial charge in [0, 0.05) is 0 Å². The molecule has 0 nitrogen and oxygen atoms in total. The van der Waals surface area contributed by atoms with Crippen molar-refractivity contribution in [2.45, 2.75) is 39.5 Å². The minimum Gasteiger partial charge on any atom is -0.0884 e. The molecule has 1 rings (SSSR count). The Morgan fingerprint density at radius 3 is 3.08 bits per heavy atom. The zero-order chi connectivity index (χ0) is 8.81. The van der Waals surface area contributed by atoms with Crippen LogP contribution in [0.1, 0.15) is 39.5 Å². The van der Waals surface area contributed by atoms with Gasteiger partial charge in [0.1, 0.15) is 0 Å². The normalized spacial score (nSPS) is 18.8. The summed E-state index contributed by atoms with van der Waals surface area (Å²) in [6.07, 6.45) is 13.9. The lowest BCUT2D eigenvalue weighted by molar-refractivity contribution is 0.920. The van der Waals surface area contributed by atoms with Crippen LogP contribution in [0.3, 0.4) is 0 Å². The van der Waals surface area contributed by atoms with Crippen LogP contribution in [0.5, 0.6) is 0 Å². The topological polar surface area (TPSA) is 0 Å². The van der Waals surface area contributed by atoms with Crippen molar-refractivity contribution in [2.24, 2.45) is 0 Å². The molecule has 0 bridgehead atoms. The summed E-state index contributed by atoms with van der Waals surface area (Å²) < 4.78 is 0. The molecule has 0 aromatic heterocycles. The van der Waals surface area contributed by atoms with Crippen molar-refractivity contribution in [3.05, 3.63) is 35.5 Å². The Balaban J connectivity index is 2.47. The van der Waals surface area contributed by atoms with Gasteiger partial charge in [0.2, 0.25) is 0 Å². The van der Waals surface area contributed by atoms with E-state index in [1.54, 1.807) is 5.57 Å². The van der Waals surface area contributed by atoms with Crippen LogP contribution in [-0.4, -0.2) is 0 Å². The molecule has 0 aromatic carbocycles. The smallest absolute Gasteiger partial charge is 0.0111 e. The van der Waals surface area contributed by atoms with E-state index in [0.717, 1.165) is 6.42 Å². The third-order valence-corrected chi connectivity index (χ3v) is 2.34. The molecule has 0 N–H and O–H groups in total. The standard InChI is InChI=1S/C12H18/c1-3-11(2)10-12-8-6-4-5-7-9-12/h3-5,8H,6-7,9-10H2,1-2H3. The highest BCUT2D eigenvalue weighted by atomic mass is 14.0. The Morgan fingerprint density at radius 2 is 2.33 bits per heavy atom. The predicted octanol–water partition coefficient (Wildman–Crippen LogP) is 4.01. The quantitative estimate of drug-likeness (QED) is 0.538. The van der Waals surface area contributed by atoms with Gasteiger partial charge in [-0.15, -0.1) is 0 Å². The van der Waals surface area contributed by atoms with Gasteiger partial charge >= 0.3 is 0 Å². The molecule has 0 radical (unpaired) electrons. The summed E-state index contributed by atoms with van der Waals surface area (Å²) in [5.74, 6) is 0. The van der Waals surface area contributed by atoms with Crippen molar-refractivity contribution in [1.29, 1.82) is 0 Å². The van der Waals surface area contributed by atoms with Gasteiger partial charge in [-0.1, -0.05) is 35.5 Å². The molecule has 0 heterocycles. The largest absolute Gasteiger partial charge is 0.0884 e. The average molecular weight is 162 g/mol. The van der Waals surface area contributed by atoms with E-state index in [-0.39, 0.29) is 0 Å². The zero-order valence-corrected chi connectivity index (χ0v) is 8.14. The Hall–Kier alpha value is -0.780. The molecule has 0 heteroatoms. The Kier molecular flexibility index (Phi) is 3.86. The molecule has 0 fully saturated rings. The first-order valence-electron chi connectivity index (χ1n) is 4.77. The fraction of sp³-hybridized carbons (Fsp3) is 0.500. The molecule has 66 valence electrons. The second-order valence-electron chi connectivity index (χ2n) is 3.42. The summed E-state index contributed by atoms with van der Waals surface area (Å²) in [5.41, 5.74) is 3.10. The van der Waals surface area contributed by atoms with Crippen LogP contribution in [0.15, 0.2) is 35.5 Å². The Morgan fingerprint density at radius 1 is 1.50 bits per heavy atom. The second-order valence-corrected chi connectivity index (χ2v) is 3.42. The van der Waals surface area contributed by atoms with Crippen molar-refractivity contribution in [3.8, 4) is 0 Å². The highest BCUT2D eigenvalue weighted by molar-refractivity contribution is 5.16. The molecular formula is C12H18. The molecular weight excluding hydrogens is 144 g/mol. The lowest BCUT2D eigenvalue weighted by Gasteiger charge is -2.04. The molecule has 0 atom stereocenters. The van der Waals surface area contributed by atoms with Crippen molar-refractivity contribution in [3.63, 3.8) is 0 Å². The zero-order valence-electron chi connectivity index (χ0n) is 8.14. The van der Waals surface area contributed by atoms with Crippen molar-refractivity contribution < 1.29 is 0 Å². The summed E-state index contributed by atoms with van der Waals surface area (Å²) in [6.45, 7) is 4.32. The van der Waals surface area contributed by atoms with E-state index >= 15 is 0 Å². The number of hydrogen-bond donors (Lipinski definition) is 0. The molecule has 0 aliphatic heterocycles. The molecule has 0 spiro atoms. The van der Waals surface area contributed by atoms with Gasteiger partial charge < -0.3 is 0 Å². The first kappa shape index (κ1) is 9.31. The fourth-order valence-electron chi connectivity index (χ4n) is 1.44. The van der Waals surface area contributed by atoms with Crippen molar-refractivity contribution in [2.75, 3.05) is 0 Å². The summed E-state index contributed by atoms with van der Waals surface area (Å²) in [7, 11) is 0. The van der Waals surface area contributed by atoms with Crippen LogP contribution < -0.4 is 0 Å². The van der Waals surface area contributed by atoms with Crippen LogP contribution in [0.2, 0.25) is 0 Å². The van der Waals surface area contributed by atoms with E-state index in [0.29, 0.717) is 0 Å². The van der Waals surface area contributed by atoms with E-state index in [9.17, 15) is 0 Å². The Bertz CT molecular complexity index is 216. The maximum atomic E-state index is 2.37. The molecule has 12 heavy (non-hydrogen) atoms. The Labute approximate surface area is 75.7 Å². The van der Waals surface area contributed by atoms with Gasteiger partial charge in [-0.3, -0.25) is 0 Å². The first-order valence-corrected chi connectivity index (χ1v) is 4.77. The second kappa shape index (κ2) is 4.97. The maximum Gasteiger partial charge on any atom is -0.0111 e. The first-order chi connectivity index (χ1) is 5.83. The summed E-state index contributed by atoms with van der Waals surface area (Å²) in [6, 6.07) is 0. The van der Waals surface area contributed by atoms with Crippen molar-refractivity contribution >= 4 is 0 Å². The highest BCUT2D eigenvalue weighted by Crippen LogP contribution is 2.19. The van der Waals surface area contributed by atoms with E-state index in [4.69, 9.17) is 0 Å². The SMILES string of the molecule is CC=C(C)CC1=CCC=CCC1. The van der Waals surface area contributed by atoms with Crippen LogP contribution in [-0.2, 0) is 0 Å². The summed E-state index contributed by atoms with van der Waals surface area (Å²) in [5, 5.41) is 0. The van der Waals surface area contributed by atoms with E-state index in [1.807, 2.05) is 0 Å². The third-order valence-electron chi connectivity index (χ3n) is 2.34. The minimum atomic E-state index is 1.13. The van der Waals surface area contributed by atoms with Gasteiger partial charge in [-0.2, -0.15) is 0 Å². The van der Waals surface area contributed by atoms with E-state index < -0.39 is 0 Å². The lowest BCUT2D eigenvalue weighted by atomic mass is 10.0. The van der Waals surface area contributed by atoms with E-state index in [1.165, 1.54) is 24.8 Å². The highest BCUT2D eigenvalue weighted by Gasteiger charge is 1.99. The monoisotopic (exact) mass is 162 g/mol. The van der Waals surface area contributed by atoms with Crippen LogP contribution >= 0.6 is 0 Å². The fourth-order valence-corrected chi connectivity index (χ4v) is 1.44. The molecule has 0 unspecified atom stereocenters. The average Bonchev–Trinajstić information content (AvgIpc) is 2.33. The number of allylic oxidation sites excluding steroid dienone is 6. The number of hydrogen-bond acceptors (Lipinski definition) is 0. The molecule has 0 saturated heterocycles. The van der Waals surface area contributed by atoms with Crippen LogP contribution in [0.25, 0.3) is 0 Å². The molecule has 1 aliphatic carbocycles. The van der Waals surface area contributed by atoms with E-state index in [2.05, 4.69) is 38.2 Å². The molecule has 0 amide bonds. The molecule has 0 saturated carbocycles. The van der Waals surface area contributed by atoms with Gasteiger partial charge in [0.25, 0.3) is 0 Å². The number of rotatable bonds is 2. The predicted molar refractivity (Wildman–Crippen MR) is 55.1 cm³/mol. The van der Waals surface area contributed by atoms with Crippen LogP contribution in [0.4, 0.5) is 0 Å². The van der Waals surface area contributed by atoms with Crippen LogP contribution in [0, 0.1) is 0 Å². The van der Waals surface area contributed by atoms with Crippen molar-refractivity contribution in [1.82, 2.24) is 0 Å². The minimum absolute atomic E-state index is 1.13. The molecule has 0 aromatic rings. The molecule has 1 aliphatic rings. The van der Waals surface area contributed by atoms with Gasteiger partial charge in [0.15, 0.2) is 0 Å². The van der Waals surface area contributed by atoms with Gasteiger partial charge in [-0.25, -0.2) is 0 Å². The third kappa shape index (κ3) is 3.08.